The van der Waals surface area contributed by atoms with Crippen LogP contribution < -0.4 is 15.2 Å². The molecule has 1 aromatic heterocycles. The number of hydrogen-bond donors (Lipinski definition) is 1. The van der Waals surface area contributed by atoms with E-state index < -0.39 is 47.9 Å². The Balaban J connectivity index is 2.05. The van der Waals surface area contributed by atoms with E-state index in [2.05, 4.69) is 15.2 Å². The Morgan fingerprint density at radius 2 is 1.87 bits per heavy atom. The van der Waals surface area contributed by atoms with Crippen LogP contribution in [-0.4, -0.2) is 31.5 Å². The zero-order valence-electron chi connectivity index (χ0n) is 15.1. The van der Waals surface area contributed by atoms with E-state index in [-0.39, 0.29) is 11.3 Å². The van der Waals surface area contributed by atoms with Crippen molar-refractivity contribution < 1.29 is 36.5 Å². The lowest BCUT2D eigenvalue weighted by Gasteiger charge is -2.17. The number of rotatable bonds is 6. The minimum atomic E-state index is -4.85. The number of phenolic OH excluding ortho intramolecular Hbond substituents is 1. The third-order valence-corrected chi connectivity index (χ3v) is 3.91. The molecular weight excluding hydrogens is 419 g/mol. The Bertz CT molecular complexity index is 1110. The highest BCUT2D eigenvalue weighted by Gasteiger charge is 2.35. The summed E-state index contributed by atoms with van der Waals surface area (Å²) >= 11 is 0. The maximum Gasteiger partial charge on any atom is 0.420 e. The number of aromatic hydroxyl groups is 1. The number of aromatic nitrogens is 4. The van der Waals surface area contributed by atoms with E-state index in [1.165, 1.54) is 19.2 Å². The molecule has 0 saturated heterocycles. The van der Waals surface area contributed by atoms with Crippen molar-refractivity contribution in [2.45, 2.75) is 19.4 Å². The van der Waals surface area contributed by atoms with Gasteiger partial charge in [-0.15, -0.1) is 0 Å². The molecule has 30 heavy (non-hydrogen) atoms. The van der Waals surface area contributed by atoms with Crippen molar-refractivity contribution in [3.05, 3.63) is 58.0 Å². The first-order valence-corrected chi connectivity index (χ1v) is 8.17. The number of halogens is 5. The van der Waals surface area contributed by atoms with Gasteiger partial charge in [-0.2, -0.15) is 31.3 Å². The van der Waals surface area contributed by atoms with Crippen LogP contribution in [0.5, 0.6) is 17.2 Å². The van der Waals surface area contributed by atoms with Crippen LogP contribution in [0.2, 0.25) is 0 Å². The number of phenols is 1. The van der Waals surface area contributed by atoms with Crippen LogP contribution in [0.15, 0.2) is 41.2 Å². The van der Waals surface area contributed by atoms with Gasteiger partial charge in [0.15, 0.2) is 0 Å². The standard InChI is InChI=1S/C17H13F5N4O4/c1-25-16(28)26(24-23-25)12-3-2-4-13(30-15(18)19)10(12)8-29-14-6-5-9(27)7-11(14)17(20,21)22/h2-7,15,27H,8H2,1H3. The van der Waals surface area contributed by atoms with E-state index in [1.54, 1.807) is 0 Å². The summed E-state index contributed by atoms with van der Waals surface area (Å²) in [7, 11) is 1.30. The lowest BCUT2D eigenvalue weighted by atomic mass is 10.1. The second-order valence-electron chi connectivity index (χ2n) is 5.90. The average Bonchev–Trinajstić information content (AvgIpc) is 2.99. The van der Waals surface area contributed by atoms with Gasteiger partial charge < -0.3 is 14.6 Å². The van der Waals surface area contributed by atoms with E-state index in [1.807, 2.05) is 0 Å². The lowest BCUT2D eigenvalue weighted by molar-refractivity contribution is -0.139. The topological polar surface area (TPSA) is 91.4 Å². The summed E-state index contributed by atoms with van der Waals surface area (Å²) in [6, 6.07) is 6.05. The molecule has 160 valence electrons. The van der Waals surface area contributed by atoms with Crippen LogP contribution in [0.25, 0.3) is 5.69 Å². The van der Waals surface area contributed by atoms with Gasteiger partial charge in [0, 0.05) is 7.05 Å². The highest BCUT2D eigenvalue weighted by Crippen LogP contribution is 2.39. The fourth-order valence-electron chi connectivity index (χ4n) is 2.58. The summed E-state index contributed by atoms with van der Waals surface area (Å²) in [6.07, 6.45) is -4.85. The van der Waals surface area contributed by atoms with Gasteiger partial charge in [0.2, 0.25) is 0 Å². The van der Waals surface area contributed by atoms with E-state index >= 15 is 0 Å². The summed E-state index contributed by atoms with van der Waals surface area (Å²) in [5.41, 5.74) is -2.24. The van der Waals surface area contributed by atoms with E-state index in [0.29, 0.717) is 6.07 Å². The Hall–Kier alpha value is -3.64. The fraction of sp³-hybridized carbons (Fsp3) is 0.235. The number of alkyl halides is 5. The Labute approximate surface area is 164 Å². The normalized spacial score (nSPS) is 11.7. The van der Waals surface area contributed by atoms with Gasteiger partial charge in [-0.05, 0) is 40.8 Å². The highest BCUT2D eigenvalue weighted by atomic mass is 19.4. The van der Waals surface area contributed by atoms with Crippen LogP contribution in [0.4, 0.5) is 22.0 Å². The second-order valence-corrected chi connectivity index (χ2v) is 5.90. The van der Waals surface area contributed by atoms with Gasteiger partial charge in [-0.1, -0.05) is 6.07 Å². The maximum absolute atomic E-state index is 13.2. The summed E-state index contributed by atoms with van der Waals surface area (Å²) in [5, 5.41) is 16.4. The van der Waals surface area contributed by atoms with Gasteiger partial charge >= 0.3 is 18.5 Å². The van der Waals surface area contributed by atoms with Crippen LogP contribution >= 0.6 is 0 Å². The number of benzene rings is 2. The zero-order valence-corrected chi connectivity index (χ0v) is 15.1. The molecule has 0 saturated carbocycles. The molecule has 0 amide bonds. The first-order valence-electron chi connectivity index (χ1n) is 8.17. The van der Waals surface area contributed by atoms with Crippen LogP contribution in [-0.2, 0) is 19.8 Å². The SMILES string of the molecule is Cn1nnn(-c2cccc(OC(F)F)c2COc2ccc(O)cc2C(F)(F)F)c1=O. The minimum absolute atomic E-state index is 0.0708. The summed E-state index contributed by atoms with van der Waals surface area (Å²) in [4.78, 5) is 12.1. The molecule has 0 radical (unpaired) electrons. The van der Waals surface area contributed by atoms with Crippen molar-refractivity contribution in [2.75, 3.05) is 0 Å². The average molecular weight is 432 g/mol. The monoisotopic (exact) mass is 432 g/mol. The quantitative estimate of drug-likeness (QED) is 0.603. The van der Waals surface area contributed by atoms with Crippen LogP contribution in [0.1, 0.15) is 11.1 Å². The Kier molecular flexibility index (Phi) is 5.62. The molecule has 1 heterocycles. The lowest BCUT2D eigenvalue weighted by Crippen LogP contribution is -2.23. The maximum atomic E-state index is 13.2. The van der Waals surface area contributed by atoms with Gasteiger partial charge in [0.25, 0.3) is 0 Å². The van der Waals surface area contributed by atoms with Crippen LogP contribution in [0.3, 0.4) is 0 Å². The van der Waals surface area contributed by atoms with Gasteiger partial charge in [0.1, 0.15) is 29.4 Å². The smallest absolute Gasteiger partial charge is 0.420 e. The molecule has 13 heteroatoms. The third-order valence-electron chi connectivity index (χ3n) is 3.91. The number of aryl methyl sites for hydroxylation is 1. The molecule has 3 aromatic rings. The first kappa shape index (κ1) is 21.1. The number of nitrogens with zero attached hydrogens (tertiary/aromatic N) is 4. The number of tetrazole rings is 1. The largest absolute Gasteiger partial charge is 0.508 e. The third kappa shape index (κ3) is 4.34. The van der Waals surface area contributed by atoms with E-state index in [0.717, 1.165) is 27.6 Å². The minimum Gasteiger partial charge on any atom is -0.508 e. The number of ether oxygens (including phenoxy) is 2. The summed E-state index contributed by atoms with van der Waals surface area (Å²) < 4.78 is 76.5. The van der Waals surface area contributed by atoms with Crippen molar-refractivity contribution in [1.82, 2.24) is 19.8 Å². The fourth-order valence-corrected chi connectivity index (χ4v) is 2.58. The molecule has 8 nitrogen and oxygen atoms in total. The molecular formula is C17H13F5N4O4. The zero-order chi connectivity index (χ0) is 22.1. The van der Waals surface area contributed by atoms with Crippen molar-refractivity contribution in [3.8, 4) is 22.9 Å². The van der Waals surface area contributed by atoms with Crippen molar-refractivity contribution in [1.29, 1.82) is 0 Å². The molecule has 0 aliphatic heterocycles. The molecule has 0 aliphatic carbocycles. The van der Waals surface area contributed by atoms with Crippen molar-refractivity contribution in [3.63, 3.8) is 0 Å². The molecule has 0 bridgehead atoms. The van der Waals surface area contributed by atoms with Gasteiger partial charge in [0.05, 0.1) is 11.3 Å². The predicted octanol–water partition coefficient (Wildman–Crippen LogP) is 2.87. The first-order chi connectivity index (χ1) is 14.1. The highest BCUT2D eigenvalue weighted by molar-refractivity contribution is 5.49. The molecule has 2 aromatic carbocycles. The number of hydrogen-bond acceptors (Lipinski definition) is 6. The molecule has 1 N–H and O–H groups in total. The summed E-state index contributed by atoms with van der Waals surface area (Å²) in [6.45, 7) is -3.92. The van der Waals surface area contributed by atoms with Gasteiger partial charge in [-0.25, -0.2) is 4.79 Å². The van der Waals surface area contributed by atoms with E-state index in [4.69, 9.17) is 4.74 Å². The molecule has 0 aliphatic rings. The second kappa shape index (κ2) is 8.00. The predicted molar refractivity (Wildman–Crippen MR) is 90.7 cm³/mol. The summed E-state index contributed by atoms with van der Waals surface area (Å²) in [5.74, 6) is -1.72. The Morgan fingerprint density at radius 3 is 2.47 bits per heavy atom. The van der Waals surface area contributed by atoms with Crippen molar-refractivity contribution >= 4 is 0 Å². The molecule has 3 rings (SSSR count). The molecule has 0 unspecified atom stereocenters. The van der Waals surface area contributed by atoms with Crippen molar-refractivity contribution in [2.24, 2.45) is 7.05 Å². The van der Waals surface area contributed by atoms with E-state index in [9.17, 15) is 31.9 Å². The molecule has 0 fully saturated rings. The van der Waals surface area contributed by atoms with Gasteiger partial charge in [-0.3, -0.25) is 0 Å². The molecule has 0 atom stereocenters. The molecule has 0 spiro atoms. The Morgan fingerprint density at radius 1 is 1.13 bits per heavy atom. The van der Waals surface area contributed by atoms with Crippen LogP contribution in [0, 0.1) is 0 Å².